The Morgan fingerprint density at radius 1 is 1.24 bits per heavy atom. The van der Waals surface area contributed by atoms with E-state index >= 15 is 0 Å². The zero-order valence-electron chi connectivity index (χ0n) is 10.3. The Morgan fingerprint density at radius 3 is 2.41 bits per heavy atom. The molecule has 2 atom stereocenters. The Balaban J connectivity index is 2.04. The minimum absolute atomic E-state index is 0.143. The maximum atomic E-state index is 12.2. The van der Waals surface area contributed by atoms with Gasteiger partial charge in [-0.3, -0.25) is 4.79 Å². The van der Waals surface area contributed by atoms with Gasteiger partial charge in [-0.2, -0.15) is 0 Å². The van der Waals surface area contributed by atoms with Gasteiger partial charge in [-0.1, -0.05) is 37.3 Å². The molecule has 1 amide bonds. The van der Waals surface area contributed by atoms with Crippen LogP contribution in [0, 0.1) is 5.92 Å². The number of carbonyl (C=O) groups is 1. The second kappa shape index (κ2) is 5.32. The topological polar surface area (TPSA) is 46.3 Å². The van der Waals surface area contributed by atoms with Crippen molar-refractivity contribution in [2.24, 2.45) is 11.7 Å². The van der Waals surface area contributed by atoms with Crippen molar-refractivity contribution in [3.05, 3.63) is 35.9 Å². The van der Waals surface area contributed by atoms with E-state index < -0.39 is 0 Å². The summed E-state index contributed by atoms with van der Waals surface area (Å²) in [6, 6.07) is 9.65. The van der Waals surface area contributed by atoms with Crippen LogP contribution in [0.25, 0.3) is 0 Å². The lowest BCUT2D eigenvalue weighted by atomic mass is 9.94. The monoisotopic (exact) mass is 232 g/mol. The van der Waals surface area contributed by atoms with Crippen molar-refractivity contribution >= 4 is 5.91 Å². The molecule has 1 aliphatic rings. The molecule has 92 valence electrons. The average Bonchev–Trinajstić information content (AvgIpc) is 2.91. The van der Waals surface area contributed by atoms with Crippen LogP contribution < -0.4 is 5.73 Å². The molecule has 1 aromatic carbocycles. The lowest BCUT2D eigenvalue weighted by molar-refractivity contribution is -0.134. The highest BCUT2D eigenvalue weighted by atomic mass is 16.2. The van der Waals surface area contributed by atoms with Gasteiger partial charge in [0.15, 0.2) is 0 Å². The first-order valence-corrected chi connectivity index (χ1v) is 6.29. The first-order valence-electron chi connectivity index (χ1n) is 6.29. The number of amides is 1. The smallest absolute Gasteiger partial charge is 0.227 e. The fraction of sp³-hybridized carbons (Fsp3) is 0.500. The third-order valence-corrected chi connectivity index (χ3v) is 3.53. The molecule has 1 aliphatic heterocycles. The van der Waals surface area contributed by atoms with Gasteiger partial charge >= 0.3 is 0 Å². The number of rotatable bonds is 3. The van der Waals surface area contributed by atoms with E-state index in [-0.39, 0.29) is 17.9 Å². The van der Waals surface area contributed by atoms with Gasteiger partial charge in [0, 0.05) is 19.1 Å². The zero-order valence-corrected chi connectivity index (χ0v) is 10.3. The van der Waals surface area contributed by atoms with E-state index in [4.69, 9.17) is 5.73 Å². The maximum absolute atomic E-state index is 12.2. The molecule has 17 heavy (non-hydrogen) atoms. The summed E-state index contributed by atoms with van der Waals surface area (Å²) in [7, 11) is 0. The summed E-state index contributed by atoms with van der Waals surface area (Å²) in [4.78, 5) is 14.1. The second-order valence-electron chi connectivity index (χ2n) is 4.76. The second-order valence-corrected chi connectivity index (χ2v) is 4.76. The van der Waals surface area contributed by atoms with Gasteiger partial charge in [-0.25, -0.2) is 0 Å². The Kier molecular flexibility index (Phi) is 3.79. The molecule has 2 N–H and O–H groups in total. The number of hydrogen-bond donors (Lipinski definition) is 1. The summed E-state index contributed by atoms with van der Waals surface area (Å²) in [5, 5.41) is 0. The van der Waals surface area contributed by atoms with Gasteiger partial charge in [0.05, 0.1) is 5.92 Å². The van der Waals surface area contributed by atoms with Crippen LogP contribution in [0.15, 0.2) is 30.3 Å². The van der Waals surface area contributed by atoms with Crippen molar-refractivity contribution in [1.82, 2.24) is 4.90 Å². The largest absolute Gasteiger partial charge is 0.342 e. The summed E-state index contributed by atoms with van der Waals surface area (Å²) in [6.07, 6.45) is 2.25. The maximum Gasteiger partial charge on any atom is 0.227 e. The van der Waals surface area contributed by atoms with Crippen molar-refractivity contribution in [2.75, 3.05) is 13.1 Å². The highest BCUT2D eigenvalue weighted by molar-refractivity contribution is 5.79. The molecule has 0 aromatic heterocycles. The molecule has 0 spiro atoms. The van der Waals surface area contributed by atoms with Crippen molar-refractivity contribution in [3.8, 4) is 0 Å². The van der Waals surface area contributed by atoms with E-state index in [1.54, 1.807) is 0 Å². The summed E-state index contributed by atoms with van der Waals surface area (Å²) < 4.78 is 0. The highest BCUT2D eigenvalue weighted by Gasteiger charge is 2.27. The molecule has 2 unspecified atom stereocenters. The molecule has 1 fully saturated rings. The summed E-state index contributed by atoms with van der Waals surface area (Å²) in [5.74, 6) is 0.0503. The van der Waals surface area contributed by atoms with Crippen LogP contribution in [0.4, 0.5) is 0 Å². The Hall–Kier alpha value is -1.35. The van der Waals surface area contributed by atoms with Crippen molar-refractivity contribution in [3.63, 3.8) is 0 Å². The standard InChI is InChI=1S/C14H20N2O/c1-11(14(17)16-9-5-6-10-16)13(15)12-7-3-2-4-8-12/h2-4,7-8,11,13H,5-6,9-10,15H2,1H3. The van der Waals surface area contributed by atoms with Crippen LogP contribution in [0.1, 0.15) is 31.4 Å². The number of carbonyl (C=O) groups excluding carboxylic acids is 1. The van der Waals surface area contributed by atoms with E-state index in [0.29, 0.717) is 0 Å². The molecular formula is C14H20N2O. The van der Waals surface area contributed by atoms with Gasteiger partial charge in [-0.05, 0) is 18.4 Å². The molecule has 2 rings (SSSR count). The summed E-state index contributed by atoms with van der Waals surface area (Å²) >= 11 is 0. The van der Waals surface area contributed by atoms with E-state index in [1.165, 1.54) is 0 Å². The van der Waals surface area contributed by atoms with Crippen LogP contribution in [-0.2, 0) is 4.79 Å². The van der Waals surface area contributed by atoms with Crippen LogP contribution in [0.5, 0.6) is 0 Å². The van der Waals surface area contributed by atoms with Crippen LogP contribution in [-0.4, -0.2) is 23.9 Å². The normalized spacial score (nSPS) is 19.1. The van der Waals surface area contributed by atoms with E-state index in [2.05, 4.69) is 0 Å². The minimum Gasteiger partial charge on any atom is -0.342 e. The predicted octanol–water partition coefficient (Wildman–Crippen LogP) is 1.94. The lowest BCUT2D eigenvalue weighted by Gasteiger charge is -2.25. The van der Waals surface area contributed by atoms with Crippen LogP contribution in [0.2, 0.25) is 0 Å². The number of nitrogens with two attached hydrogens (primary N) is 1. The molecule has 0 bridgehead atoms. The van der Waals surface area contributed by atoms with Gasteiger partial charge in [0.25, 0.3) is 0 Å². The fourth-order valence-corrected chi connectivity index (χ4v) is 2.34. The van der Waals surface area contributed by atoms with Crippen molar-refractivity contribution < 1.29 is 4.79 Å². The summed E-state index contributed by atoms with van der Waals surface area (Å²) in [6.45, 7) is 3.72. The molecule has 3 nitrogen and oxygen atoms in total. The molecule has 1 heterocycles. The molecule has 0 radical (unpaired) electrons. The number of hydrogen-bond acceptors (Lipinski definition) is 2. The molecule has 3 heteroatoms. The third kappa shape index (κ3) is 2.67. The Morgan fingerprint density at radius 2 is 1.82 bits per heavy atom. The number of nitrogens with zero attached hydrogens (tertiary/aromatic N) is 1. The van der Waals surface area contributed by atoms with E-state index in [9.17, 15) is 4.79 Å². The van der Waals surface area contributed by atoms with Crippen LogP contribution in [0.3, 0.4) is 0 Å². The van der Waals surface area contributed by atoms with Crippen LogP contribution >= 0.6 is 0 Å². The lowest BCUT2D eigenvalue weighted by Crippen LogP contribution is -2.37. The van der Waals surface area contributed by atoms with E-state index in [0.717, 1.165) is 31.5 Å². The Labute approximate surface area is 103 Å². The first-order chi connectivity index (χ1) is 8.20. The van der Waals surface area contributed by atoms with Gasteiger partial charge in [0.1, 0.15) is 0 Å². The molecule has 1 aromatic rings. The SMILES string of the molecule is CC(C(=O)N1CCCC1)C(N)c1ccccc1. The third-order valence-electron chi connectivity index (χ3n) is 3.53. The predicted molar refractivity (Wildman–Crippen MR) is 68.3 cm³/mol. The minimum atomic E-state index is -0.204. The van der Waals surface area contributed by atoms with Crippen molar-refractivity contribution in [2.45, 2.75) is 25.8 Å². The number of benzene rings is 1. The molecule has 0 saturated carbocycles. The van der Waals surface area contributed by atoms with Gasteiger partial charge in [0.2, 0.25) is 5.91 Å². The van der Waals surface area contributed by atoms with Gasteiger partial charge in [-0.15, -0.1) is 0 Å². The molecule has 1 saturated heterocycles. The number of likely N-dealkylation sites (tertiary alicyclic amines) is 1. The van der Waals surface area contributed by atoms with Crippen molar-refractivity contribution in [1.29, 1.82) is 0 Å². The van der Waals surface area contributed by atoms with Gasteiger partial charge < -0.3 is 10.6 Å². The fourth-order valence-electron chi connectivity index (χ4n) is 2.34. The zero-order chi connectivity index (χ0) is 12.3. The molecule has 0 aliphatic carbocycles. The quantitative estimate of drug-likeness (QED) is 0.865. The van der Waals surface area contributed by atoms with E-state index in [1.807, 2.05) is 42.2 Å². The first kappa shape index (κ1) is 12.1. The Bertz CT molecular complexity index is 371. The summed E-state index contributed by atoms with van der Waals surface area (Å²) in [5.41, 5.74) is 7.19. The average molecular weight is 232 g/mol. The molecular weight excluding hydrogens is 212 g/mol. The highest BCUT2D eigenvalue weighted by Crippen LogP contribution is 2.22.